The molecule has 0 atom stereocenters. The maximum atomic E-state index is 10.6. The molecule has 0 unspecified atom stereocenters. The highest BCUT2D eigenvalue weighted by Gasteiger charge is 2.11. The Bertz CT molecular complexity index is 669. The third-order valence-electron chi connectivity index (χ3n) is 3.94. The van der Waals surface area contributed by atoms with Gasteiger partial charge in [0.15, 0.2) is 0 Å². The smallest absolute Gasteiger partial charge is 0.269 e. The van der Waals surface area contributed by atoms with E-state index in [0.717, 1.165) is 24.2 Å². The van der Waals surface area contributed by atoms with E-state index in [-0.39, 0.29) is 10.6 Å². The van der Waals surface area contributed by atoms with Crippen LogP contribution in [-0.4, -0.2) is 18.0 Å². The first-order chi connectivity index (χ1) is 10.7. The number of rotatable bonds is 4. The Morgan fingerprint density at radius 3 is 1.86 bits per heavy atom. The molecule has 0 radical (unpaired) electrons. The average molecular weight is 294 g/mol. The SMILES string of the molecule is O=[N+]([O-])c1ccc(/C=C/c2ccc(N3CCCC3)cc2)cc1. The third kappa shape index (κ3) is 3.34. The number of non-ortho nitro benzene ring substituents is 1. The number of nitro groups is 1. The second kappa shape index (κ2) is 6.43. The molecule has 1 aliphatic rings. The number of benzene rings is 2. The van der Waals surface area contributed by atoms with Gasteiger partial charge < -0.3 is 4.90 Å². The van der Waals surface area contributed by atoms with Crippen molar-refractivity contribution < 1.29 is 4.92 Å². The zero-order valence-corrected chi connectivity index (χ0v) is 12.3. The van der Waals surface area contributed by atoms with Crippen LogP contribution in [0, 0.1) is 10.1 Å². The minimum absolute atomic E-state index is 0.118. The van der Waals surface area contributed by atoms with Gasteiger partial charge in [-0.3, -0.25) is 10.1 Å². The van der Waals surface area contributed by atoms with Crippen molar-refractivity contribution in [1.82, 2.24) is 0 Å². The molecule has 3 rings (SSSR count). The van der Waals surface area contributed by atoms with E-state index in [4.69, 9.17) is 0 Å². The maximum Gasteiger partial charge on any atom is 0.269 e. The zero-order chi connectivity index (χ0) is 15.4. The van der Waals surface area contributed by atoms with Crippen molar-refractivity contribution in [1.29, 1.82) is 0 Å². The molecule has 1 heterocycles. The van der Waals surface area contributed by atoms with Crippen LogP contribution in [0.25, 0.3) is 12.2 Å². The number of anilines is 1. The first-order valence-electron chi connectivity index (χ1n) is 7.50. The number of nitro benzene ring substituents is 1. The topological polar surface area (TPSA) is 46.4 Å². The van der Waals surface area contributed by atoms with E-state index >= 15 is 0 Å². The Morgan fingerprint density at radius 2 is 1.36 bits per heavy atom. The highest BCUT2D eigenvalue weighted by Crippen LogP contribution is 2.21. The molecule has 22 heavy (non-hydrogen) atoms. The molecule has 4 heteroatoms. The third-order valence-corrected chi connectivity index (χ3v) is 3.94. The Morgan fingerprint density at radius 1 is 0.864 bits per heavy atom. The lowest BCUT2D eigenvalue weighted by Crippen LogP contribution is -2.17. The molecule has 0 N–H and O–H groups in total. The summed E-state index contributed by atoms with van der Waals surface area (Å²) >= 11 is 0. The van der Waals surface area contributed by atoms with Gasteiger partial charge in [0, 0.05) is 30.9 Å². The fraction of sp³-hybridized carbons (Fsp3) is 0.222. The summed E-state index contributed by atoms with van der Waals surface area (Å²) in [5.74, 6) is 0. The fourth-order valence-corrected chi connectivity index (χ4v) is 2.67. The van der Waals surface area contributed by atoms with E-state index in [1.165, 1.54) is 30.7 Å². The number of nitrogens with zero attached hydrogens (tertiary/aromatic N) is 2. The van der Waals surface area contributed by atoms with Gasteiger partial charge in [0.05, 0.1) is 4.92 Å². The molecular weight excluding hydrogens is 276 g/mol. The van der Waals surface area contributed by atoms with Crippen LogP contribution in [0.15, 0.2) is 48.5 Å². The molecule has 1 aliphatic heterocycles. The molecule has 0 aliphatic carbocycles. The summed E-state index contributed by atoms with van der Waals surface area (Å²) < 4.78 is 0. The van der Waals surface area contributed by atoms with E-state index in [9.17, 15) is 10.1 Å². The lowest BCUT2D eigenvalue weighted by molar-refractivity contribution is -0.384. The van der Waals surface area contributed by atoms with Crippen molar-refractivity contribution >= 4 is 23.5 Å². The van der Waals surface area contributed by atoms with Crippen molar-refractivity contribution in [2.75, 3.05) is 18.0 Å². The maximum absolute atomic E-state index is 10.6. The van der Waals surface area contributed by atoms with Gasteiger partial charge in [-0.2, -0.15) is 0 Å². The molecule has 1 fully saturated rings. The monoisotopic (exact) mass is 294 g/mol. The molecule has 0 amide bonds. The van der Waals surface area contributed by atoms with E-state index < -0.39 is 0 Å². The molecule has 0 aromatic heterocycles. The van der Waals surface area contributed by atoms with Gasteiger partial charge in [0.1, 0.15) is 0 Å². The van der Waals surface area contributed by atoms with Crippen molar-refractivity contribution in [3.05, 3.63) is 69.8 Å². The summed E-state index contributed by atoms with van der Waals surface area (Å²) in [6.07, 6.45) is 6.55. The highest BCUT2D eigenvalue weighted by molar-refractivity contribution is 5.71. The standard InChI is InChI=1S/C18H18N2O2/c21-20(22)18-11-7-16(8-12-18)4-3-15-5-9-17(10-6-15)19-13-1-2-14-19/h3-12H,1-2,13-14H2/b4-3+. The minimum Gasteiger partial charge on any atom is -0.372 e. The first-order valence-corrected chi connectivity index (χ1v) is 7.50. The van der Waals surface area contributed by atoms with E-state index in [0.29, 0.717) is 0 Å². The summed E-state index contributed by atoms with van der Waals surface area (Å²) in [6.45, 7) is 2.30. The van der Waals surface area contributed by atoms with Crippen LogP contribution in [0.2, 0.25) is 0 Å². The van der Waals surface area contributed by atoms with Crippen LogP contribution < -0.4 is 4.90 Å². The van der Waals surface area contributed by atoms with Gasteiger partial charge in [-0.15, -0.1) is 0 Å². The molecule has 112 valence electrons. The highest BCUT2D eigenvalue weighted by atomic mass is 16.6. The fourth-order valence-electron chi connectivity index (χ4n) is 2.67. The van der Waals surface area contributed by atoms with Gasteiger partial charge in [0.25, 0.3) is 5.69 Å². The molecule has 4 nitrogen and oxygen atoms in total. The molecule has 0 bridgehead atoms. The van der Waals surface area contributed by atoms with E-state index in [1.807, 2.05) is 12.2 Å². The lowest BCUT2D eigenvalue weighted by atomic mass is 10.1. The molecule has 0 saturated carbocycles. The predicted octanol–water partition coefficient (Wildman–Crippen LogP) is 4.37. The zero-order valence-electron chi connectivity index (χ0n) is 12.3. The number of hydrogen-bond acceptors (Lipinski definition) is 3. The van der Waals surface area contributed by atoms with Crippen molar-refractivity contribution in [3.8, 4) is 0 Å². The van der Waals surface area contributed by atoms with Crippen molar-refractivity contribution in [2.45, 2.75) is 12.8 Å². The summed E-state index contributed by atoms with van der Waals surface area (Å²) in [7, 11) is 0. The predicted molar refractivity (Wildman–Crippen MR) is 89.9 cm³/mol. The van der Waals surface area contributed by atoms with Crippen LogP contribution in [0.1, 0.15) is 24.0 Å². The quantitative estimate of drug-likeness (QED) is 0.478. The van der Waals surface area contributed by atoms with Crippen molar-refractivity contribution in [2.24, 2.45) is 0 Å². The second-order valence-electron chi connectivity index (χ2n) is 5.47. The Labute approximate surface area is 129 Å². The van der Waals surface area contributed by atoms with E-state index in [1.54, 1.807) is 12.1 Å². The van der Waals surface area contributed by atoms with Gasteiger partial charge >= 0.3 is 0 Å². The first kappa shape index (κ1) is 14.3. The lowest BCUT2D eigenvalue weighted by Gasteiger charge is -2.17. The van der Waals surface area contributed by atoms with Crippen LogP contribution in [0.5, 0.6) is 0 Å². The van der Waals surface area contributed by atoms with Gasteiger partial charge in [-0.1, -0.05) is 24.3 Å². The average Bonchev–Trinajstić information content (AvgIpc) is 3.08. The molecular formula is C18H18N2O2. The summed E-state index contributed by atoms with van der Waals surface area (Å²) in [5, 5.41) is 10.6. The minimum atomic E-state index is -0.384. The van der Waals surface area contributed by atoms with Crippen molar-refractivity contribution in [3.63, 3.8) is 0 Å². The second-order valence-corrected chi connectivity index (χ2v) is 5.47. The largest absolute Gasteiger partial charge is 0.372 e. The van der Waals surface area contributed by atoms with Crippen LogP contribution in [0.4, 0.5) is 11.4 Å². The van der Waals surface area contributed by atoms with Crippen LogP contribution in [-0.2, 0) is 0 Å². The van der Waals surface area contributed by atoms with E-state index in [2.05, 4.69) is 29.2 Å². The van der Waals surface area contributed by atoms with Gasteiger partial charge in [-0.05, 0) is 48.2 Å². The molecule has 1 saturated heterocycles. The Kier molecular flexibility index (Phi) is 4.19. The molecule has 2 aromatic carbocycles. The summed E-state index contributed by atoms with van der Waals surface area (Å²) in [6, 6.07) is 15.1. The molecule has 2 aromatic rings. The number of hydrogen-bond donors (Lipinski definition) is 0. The van der Waals surface area contributed by atoms with Gasteiger partial charge in [0.2, 0.25) is 0 Å². The summed E-state index contributed by atoms with van der Waals surface area (Å²) in [5.41, 5.74) is 3.48. The van der Waals surface area contributed by atoms with Gasteiger partial charge in [-0.25, -0.2) is 0 Å². The molecule has 0 spiro atoms. The normalized spacial score (nSPS) is 14.6. The van der Waals surface area contributed by atoms with Crippen LogP contribution >= 0.6 is 0 Å². The summed E-state index contributed by atoms with van der Waals surface area (Å²) in [4.78, 5) is 12.6. The van der Waals surface area contributed by atoms with Crippen LogP contribution in [0.3, 0.4) is 0 Å². The Balaban J connectivity index is 1.68. The Hall–Kier alpha value is -2.62.